The number of fused-ring (bicyclic) bond motifs is 5. The monoisotopic (exact) mass is 504 g/mol. The highest BCUT2D eigenvalue weighted by Crippen LogP contribution is 2.30. The number of methoxy groups -OCH3 is 1. The smallest absolute Gasteiger partial charge is 0.328 e. The first-order valence-corrected chi connectivity index (χ1v) is 11.4. The molecule has 4 bridgehead atoms. The molecule has 2 aromatic carbocycles. The van der Waals surface area contributed by atoms with Crippen molar-refractivity contribution in [2.45, 2.75) is 43.5 Å². The van der Waals surface area contributed by atoms with Crippen LogP contribution in [0.1, 0.15) is 17.5 Å². The number of rotatable bonds is 4. The molecule has 35 heavy (non-hydrogen) atoms. The van der Waals surface area contributed by atoms with Gasteiger partial charge in [0.05, 0.1) is 19.3 Å². The molecule has 3 rings (SSSR count). The minimum Gasteiger partial charge on any atom is -0.508 e. The van der Waals surface area contributed by atoms with Crippen LogP contribution in [-0.4, -0.2) is 65.9 Å². The van der Waals surface area contributed by atoms with Crippen molar-refractivity contribution in [3.05, 3.63) is 52.5 Å². The van der Waals surface area contributed by atoms with E-state index >= 15 is 0 Å². The SMILES string of the molecule is COC(=O)[C@@H]1Cc2cc(ccc2Cl)-c2ccc(O)c(c2)C[C@H](N)C(=O)N[C@@H](C[C@@H](O)CN)C(=O)N1. The number of phenolic OH excluding ortho intramolecular Hbond substituents is 1. The van der Waals surface area contributed by atoms with Crippen molar-refractivity contribution in [2.75, 3.05) is 13.7 Å². The van der Waals surface area contributed by atoms with Crippen molar-refractivity contribution in [2.24, 2.45) is 11.5 Å². The van der Waals surface area contributed by atoms with Crippen LogP contribution in [0.3, 0.4) is 0 Å². The quantitative estimate of drug-likeness (QED) is 0.315. The first-order valence-electron chi connectivity index (χ1n) is 11.1. The highest BCUT2D eigenvalue weighted by Gasteiger charge is 2.31. The molecule has 2 aromatic rings. The van der Waals surface area contributed by atoms with E-state index in [2.05, 4.69) is 10.6 Å². The third-order valence-electron chi connectivity index (χ3n) is 5.87. The van der Waals surface area contributed by atoms with Crippen molar-refractivity contribution in [3.8, 4) is 16.9 Å². The van der Waals surface area contributed by atoms with E-state index in [1.807, 2.05) is 0 Å². The second kappa shape index (κ2) is 11.5. The number of hydrogen-bond acceptors (Lipinski definition) is 8. The van der Waals surface area contributed by atoms with Gasteiger partial charge >= 0.3 is 5.97 Å². The van der Waals surface area contributed by atoms with E-state index in [1.54, 1.807) is 30.3 Å². The fraction of sp³-hybridized carbons (Fsp3) is 0.375. The van der Waals surface area contributed by atoms with E-state index in [0.717, 1.165) is 11.1 Å². The second-order valence-corrected chi connectivity index (χ2v) is 8.84. The predicted octanol–water partition coefficient (Wildman–Crippen LogP) is -0.00920. The number of carbonyl (C=O) groups is 3. The van der Waals surface area contributed by atoms with Crippen molar-refractivity contribution < 1.29 is 29.3 Å². The maximum Gasteiger partial charge on any atom is 0.328 e. The standard InChI is InChI=1S/C24H29ClN4O6/c1-35-24(34)20-9-14-6-12(2-4-17(14)25)13-3-5-21(31)15(7-13)8-18(27)22(32)28-19(23(33)29-20)10-16(30)11-26/h2-7,16,18-20,30-31H,8-11,26-27H2,1H3,(H,28,32)(H,29,33)/t16-,18+,19+,20+/m1/s1. The van der Waals surface area contributed by atoms with Gasteiger partial charge < -0.3 is 37.1 Å². The lowest BCUT2D eigenvalue weighted by atomic mass is 9.96. The van der Waals surface area contributed by atoms with E-state index in [1.165, 1.54) is 13.2 Å². The Morgan fingerprint density at radius 1 is 1.11 bits per heavy atom. The summed E-state index contributed by atoms with van der Waals surface area (Å²) >= 11 is 6.40. The number of aliphatic hydroxyl groups is 1. The van der Waals surface area contributed by atoms with Gasteiger partial charge in [-0.25, -0.2) is 4.79 Å². The Hall–Kier alpha value is -3.18. The number of carbonyl (C=O) groups excluding carboxylic acids is 3. The van der Waals surface area contributed by atoms with E-state index in [9.17, 15) is 24.6 Å². The van der Waals surface area contributed by atoms with Gasteiger partial charge in [0, 0.05) is 30.8 Å². The number of hydrogen-bond donors (Lipinski definition) is 6. The maximum absolute atomic E-state index is 13.1. The van der Waals surface area contributed by atoms with Gasteiger partial charge in [-0.05, 0) is 46.5 Å². The molecule has 1 aliphatic rings. The van der Waals surface area contributed by atoms with Gasteiger partial charge in [-0.1, -0.05) is 23.7 Å². The Kier molecular flexibility index (Phi) is 8.68. The number of phenols is 1. The molecule has 4 atom stereocenters. The zero-order chi connectivity index (χ0) is 25.7. The largest absolute Gasteiger partial charge is 0.508 e. The number of esters is 1. The van der Waals surface area contributed by atoms with Crippen LogP contribution in [0.25, 0.3) is 11.1 Å². The number of ether oxygens (including phenoxy) is 1. The molecule has 10 nitrogen and oxygen atoms in total. The molecule has 0 saturated carbocycles. The summed E-state index contributed by atoms with van der Waals surface area (Å²) in [5.41, 5.74) is 14.1. The Morgan fingerprint density at radius 3 is 2.43 bits per heavy atom. The lowest BCUT2D eigenvalue weighted by Crippen LogP contribution is -2.56. The number of benzene rings is 2. The van der Waals surface area contributed by atoms with Crippen LogP contribution in [0, 0.1) is 0 Å². The number of halogens is 1. The molecule has 0 aromatic heterocycles. The third kappa shape index (κ3) is 6.49. The molecule has 188 valence electrons. The molecule has 0 spiro atoms. The van der Waals surface area contributed by atoms with Gasteiger partial charge in [0.25, 0.3) is 0 Å². The highest BCUT2D eigenvalue weighted by atomic mass is 35.5. The van der Waals surface area contributed by atoms with Crippen molar-refractivity contribution >= 4 is 29.4 Å². The minimum atomic E-state index is -1.23. The summed E-state index contributed by atoms with van der Waals surface area (Å²) in [5, 5.41) is 25.9. The van der Waals surface area contributed by atoms with Gasteiger partial charge in [0.1, 0.15) is 17.8 Å². The van der Waals surface area contributed by atoms with Crippen molar-refractivity contribution in [1.82, 2.24) is 10.6 Å². The first-order chi connectivity index (χ1) is 16.6. The molecule has 0 unspecified atom stereocenters. The highest BCUT2D eigenvalue weighted by molar-refractivity contribution is 6.31. The van der Waals surface area contributed by atoms with Crippen LogP contribution in [-0.2, 0) is 32.0 Å². The lowest BCUT2D eigenvalue weighted by Gasteiger charge is -2.25. The number of nitrogens with one attached hydrogen (secondary N) is 2. The summed E-state index contributed by atoms with van der Waals surface area (Å²) in [6, 6.07) is 6.70. The number of amides is 2. The molecule has 0 radical (unpaired) electrons. The Labute approximate surface area is 207 Å². The van der Waals surface area contributed by atoms with Crippen LogP contribution >= 0.6 is 11.6 Å². The molecule has 1 heterocycles. The molecule has 0 saturated heterocycles. The normalized spacial score (nSPS) is 21.7. The average molecular weight is 505 g/mol. The number of aliphatic hydroxyl groups excluding tert-OH is 1. The third-order valence-corrected chi connectivity index (χ3v) is 6.24. The summed E-state index contributed by atoms with van der Waals surface area (Å²) in [6.07, 6.45) is -1.29. The van der Waals surface area contributed by atoms with Gasteiger partial charge in [-0.15, -0.1) is 0 Å². The predicted molar refractivity (Wildman–Crippen MR) is 129 cm³/mol. The van der Waals surface area contributed by atoms with Crippen molar-refractivity contribution in [1.29, 1.82) is 0 Å². The van der Waals surface area contributed by atoms with Gasteiger partial charge in [0.15, 0.2) is 0 Å². The van der Waals surface area contributed by atoms with Gasteiger partial charge in [-0.2, -0.15) is 0 Å². The molecule has 0 fully saturated rings. The van der Waals surface area contributed by atoms with Crippen LogP contribution in [0.2, 0.25) is 5.02 Å². The second-order valence-electron chi connectivity index (χ2n) is 8.44. The molecule has 11 heteroatoms. The Morgan fingerprint density at radius 2 is 1.77 bits per heavy atom. The molecular weight excluding hydrogens is 476 g/mol. The summed E-state index contributed by atoms with van der Waals surface area (Å²) in [7, 11) is 1.19. The Bertz CT molecular complexity index is 1110. The van der Waals surface area contributed by atoms with E-state index in [4.69, 9.17) is 27.8 Å². The van der Waals surface area contributed by atoms with Gasteiger partial charge in [-0.3, -0.25) is 9.59 Å². The average Bonchev–Trinajstić information content (AvgIpc) is 2.84. The molecule has 1 aliphatic heterocycles. The molecule has 2 amide bonds. The summed E-state index contributed by atoms with van der Waals surface area (Å²) < 4.78 is 4.86. The zero-order valence-electron chi connectivity index (χ0n) is 19.2. The van der Waals surface area contributed by atoms with Crippen LogP contribution in [0.15, 0.2) is 36.4 Å². The summed E-state index contributed by atoms with van der Waals surface area (Å²) in [6.45, 7) is -0.144. The van der Waals surface area contributed by atoms with Crippen LogP contribution in [0.4, 0.5) is 0 Å². The number of aromatic hydroxyl groups is 1. The van der Waals surface area contributed by atoms with Crippen LogP contribution in [0.5, 0.6) is 5.75 Å². The van der Waals surface area contributed by atoms with Gasteiger partial charge in [0.2, 0.25) is 11.8 Å². The topological polar surface area (TPSA) is 177 Å². The van der Waals surface area contributed by atoms with E-state index in [0.29, 0.717) is 16.1 Å². The fourth-order valence-electron chi connectivity index (χ4n) is 3.88. The van der Waals surface area contributed by atoms with E-state index < -0.39 is 42.0 Å². The maximum atomic E-state index is 13.1. The molecular formula is C24H29ClN4O6. The van der Waals surface area contributed by atoms with E-state index in [-0.39, 0.29) is 31.6 Å². The fourth-order valence-corrected chi connectivity index (χ4v) is 4.07. The summed E-state index contributed by atoms with van der Waals surface area (Å²) in [4.78, 5) is 38.4. The Balaban J connectivity index is 2.10. The molecule has 0 aliphatic carbocycles. The number of nitrogens with two attached hydrogens (primary N) is 2. The summed E-state index contributed by atoms with van der Waals surface area (Å²) in [5.74, 6) is -2.14. The van der Waals surface area contributed by atoms with Crippen molar-refractivity contribution in [3.63, 3.8) is 0 Å². The molecule has 8 N–H and O–H groups in total. The zero-order valence-corrected chi connectivity index (χ0v) is 19.9. The lowest BCUT2D eigenvalue weighted by molar-refractivity contribution is -0.145. The van der Waals surface area contributed by atoms with Crippen LogP contribution < -0.4 is 22.1 Å². The first kappa shape index (κ1) is 26.4. The minimum absolute atomic E-state index is 0.00940.